The molecule has 6 nitrogen and oxygen atoms in total. The van der Waals surface area contributed by atoms with Crippen molar-refractivity contribution in [3.63, 3.8) is 0 Å². The third-order valence-electron chi connectivity index (χ3n) is 11.0. The summed E-state index contributed by atoms with van der Waals surface area (Å²) < 4.78 is 38.8. The zero-order valence-electron chi connectivity index (χ0n) is 21.5. The molecule has 4 fully saturated rings. The van der Waals surface area contributed by atoms with E-state index in [1.165, 1.54) is 18.2 Å². The van der Waals surface area contributed by atoms with Gasteiger partial charge in [-0.15, -0.1) is 0 Å². The molecule has 0 spiro atoms. The number of nitrogens with zero attached hydrogens (tertiary/aromatic N) is 1. The molecule has 200 valence electrons. The fourth-order valence-electron chi connectivity index (χ4n) is 9.43. The third-order valence-corrected chi connectivity index (χ3v) is 11.0. The van der Waals surface area contributed by atoms with Gasteiger partial charge in [0, 0.05) is 24.4 Å². The first kappa shape index (κ1) is 25.1. The van der Waals surface area contributed by atoms with Crippen LogP contribution in [-0.2, 0) is 16.1 Å². The number of alkyl halides is 2. The maximum Gasteiger partial charge on any atom is 0.178 e. The van der Waals surface area contributed by atoms with E-state index in [0.717, 1.165) is 11.5 Å². The van der Waals surface area contributed by atoms with Crippen molar-refractivity contribution in [3.05, 3.63) is 47.5 Å². The van der Waals surface area contributed by atoms with Crippen LogP contribution in [0.1, 0.15) is 44.6 Å². The van der Waals surface area contributed by atoms with Gasteiger partial charge in [0.15, 0.2) is 17.2 Å². The summed E-state index contributed by atoms with van der Waals surface area (Å²) in [4.78, 5) is 27.8. The summed E-state index contributed by atoms with van der Waals surface area (Å²) in [5, 5.41) is 21.7. The standard InChI is InChI=1S/C29H35F2NO5/c1-16-4-5-19(37-16)13-32-12-17-8-20-21-10-23(30)22-9-18(34)6-7-26(22,2)29(21,31)24(35)11-27(20,3)28(17,15-32)25(36)14-33/h4-7,9,17,20-21,23-24,33,35H,8,10-15H2,1-3H3/t17-,20-,21-,23-,24-,26-,27-,28+,29-/m0/s1. The average Bonchev–Trinajstić information content (AvgIpc) is 3.49. The number of hydrogen-bond acceptors (Lipinski definition) is 6. The van der Waals surface area contributed by atoms with Gasteiger partial charge in [-0.05, 0) is 80.2 Å². The average molecular weight is 516 g/mol. The number of rotatable bonds is 4. The molecule has 5 aliphatic rings. The molecule has 1 aromatic heterocycles. The van der Waals surface area contributed by atoms with Crippen molar-refractivity contribution < 1.29 is 33.0 Å². The highest BCUT2D eigenvalue weighted by atomic mass is 19.1. The highest BCUT2D eigenvalue weighted by Crippen LogP contribution is 2.74. The SMILES string of the molecule is Cc1ccc(CN2C[C@@H]3C[C@H]4[C@@H]5C[C@H](F)C6=CC(=O)C=C[C@]6(C)[C@@]5(F)[C@@H](O)C[C@]4(C)[C@]3(C(=O)CO)C2)o1. The summed E-state index contributed by atoms with van der Waals surface area (Å²) in [6.45, 7) is 6.24. The van der Waals surface area contributed by atoms with Crippen LogP contribution < -0.4 is 0 Å². The van der Waals surface area contributed by atoms with Crippen LogP contribution in [0.5, 0.6) is 0 Å². The lowest BCUT2D eigenvalue weighted by Gasteiger charge is -2.63. The fraction of sp³-hybridized carbons (Fsp3) is 0.655. The van der Waals surface area contributed by atoms with E-state index in [2.05, 4.69) is 4.90 Å². The van der Waals surface area contributed by atoms with E-state index in [1.807, 2.05) is 26.0 Å². The van der Waals surface area contributed by atoms with E-state index in [0.29, 0.717) is 26.1 Å². The second-order valence-electron chi connectivity index (χ2n) is 12.5. The maximum absolute atomic E-state index is 17.4. The smallest absolute Gasteiger partial charge is 0.178 e. The monoisotopic (exact) mass is 515 g/mol. The molecule has 2 heterocycles. The van der Waals surface area contributed by atoms with E-state index in [9.17, 15) is 19.8 Å². The van der Waals surface area contributed by atoms with Crippen molar-refractivity contribution in [2.75, 3.05) is 19.7 Å². The molecule has 1 aliphatic heterocycles. The lowest BCUT2D eigenvalue weighted by atomic mass is 9.43. The molecule has 0 unspecified atom stereocenters. The van der Waals surface area contributed by atoms with Crippen LogP contribution in [0.25, 0.3) is 0 Å². The van der Waals surface area contributed by atoms with Gasteiger partial charge in [0.25, 0.3) is 0 Å². The van der Waals surface area contributed by atoms with Crippen LogP contribution >= 0.6 is 0 Å². The van der Waals surface area contributed by atoms with Gasteiger partial charge in [0.2, 0.25) is 0 Å². The summed E-state index contributed by atoms with van der Waals surface area (Å²) >= 11 is 0. The first-order valence-corrected chi connectivity index (χ1v) is 13.3. The van der Waals surface area contributed by atoms with Crippen LogP contribution in [0.15, 0.2) is 40.4 Å². The first-order chi connectivity index (χ1) is 17.4. The molecule has 0 bridgehead atoms. The van der Waals surface area contributed by atoms with E-state index in [1.54, 1.807) is 6.92 Å². The molecule has 6 rings (SSSR count). The molecule has 1 saturated heterocycles. The minimum Gasteiger partial charge on any atom is -0.465 e. The normalized spacial score (nSPS) is 46.7. The number of halogens is 2. The number of fused-ring (bicyclic) bond motifs is 7. The van der Waals surface area contributed by atoms with Gasteiger partial charge in [-0.3, -0.25) is 14.5 Å². The molecule has 37 heavy (non-hydrogen) atoms. The number of allylic oxidation sites excluding steroid dienone is 4. The van der Waals surface area contributed by atoms with Crippen molar-refractivity contribution in [2.45, 2.75) is 64.5 Å². The topological polar surface area (TPSA) is 91.0 Å². The Bertz CT molecular complexity index is 1220. The number of ketones is 2. The van der Waals surface area contributed by atoms with Crippen LogP contribution in [0.4, 0.5) is 8.78 Å². The molecule has 0 amide bonds. The van der Waals surface area contributed by atoms with Crippen LogP contribution in [0.3, 0.4) is 0 Å². The van der Waals surface area contributed by atoms with Crippen LogP contribution in [0.2, 0.25) is 0 Å². The molecule has 8 heteroatoms. The fourth-order valence-corrected chi connectivity index (χ4v) is 9.43. The van der Waals surface area contributed by atoms with Crippen molar-refractivity contribution in [1.29, 1.82) is 0 Å². The van der Waals surface area contributed by atoms with Crippen LogP contribution in [-0.4, -0.2) is 64.3 Å². The summed E-state index contributed by atoms with van der Waals surface area (Å²) in [7, 11) is 0. The Morgan fingerprint density at radius 3 is 2.68 bits per heavy atom. The van der Waals surface area contributed by atoms with Crippen molar-refractivity contribution in [2.24, 2.45) is 34.0 Å². The summed E-state index contributed by atoms with van der Waals surface area (Å²) in [5.41, 5.74) is -5.32. The van der Waals surface area contributed by atoms with Crippen LogP contribution in [0, 0.1) is 40.9 Å². The largest absolute Gasteiger partial charge is 0.465 e. The number of aryl methyl sites for hydroxylation is 1. The van der Waals surface area contributed by atoms with Crippen molar-refractivity contribution >= 4 is 11.6 Å². The predicted molar refractivity (Wildman–Crippen MR) is 131 cm³/mol. The predicted octanol–water partition coefficient (Wildman–Crippen LogP) is 3.50. The molecule has 0 radical (unpaired) electrons. The number of Topliss-reactive ketones (excluding diaryl/α,β-unsaturated/α-hetero) is 1. The van der Waals surface area contributed by atoms with Gasteiger partial charge in [-0.1, -0.05) is 13.0 Å². The second kappa shape index (κ2) is 7.93. The molecule has 4 aliphatic carbocycles. The van der Waals surface area contributed by atoms with Crippen molar-refractivity contribution in [1.82, 2.24) is 4.90 Å². The van der Waals surface area contributed by atoms with Gasteiger partial charge in [0.1, 0.15) is 24.3 Å². The Balaban J connectivity index is 1.41. The van der Waals surface area contributed by atoms with Gasteiger partial charge in [0.05, 0.1) is 18.1 Å². The minimum atomic E-state index is -2.17. The number of aliphatic hydroxyl groups is 2. The van der Waals surface area contributed by atoms with Crippen molar-refractivity contribution in [3.8, 4) is 0 Å². The molecular weight excluding hydrogens is 480 g/mol. The summed E-state index contributed by atoms with van der Waals surface area (Å²) in [6, 6.07) is 3.80. The molecular formula is C29H35F2NO5. The molecule has 1 aromatic rings. The maximum atomic E-state index is 17.4. The van der Waals surface area contributed by atoms with Gasteiger partial charge < -0.3 is 14.6 Å². The molecule has 9 atom stereocenters. The molecule has 3 saturated carbocycles. The van der Waals surface area contributed by atoms with E-state index in [4.69, 9.17) is 4.42 Å². The molecule has 2 N–H and O–H groups in total. The lowest BCUT2D eigenvalue weighted by Crippen LogP contribution is -2.69. The minimum absolute atomic E-state index is 0.0300. The van der Waals surface area contributed by atoms with E-state index >= 15 is 8.78 Å². The Hall–Kier alpha value is -2.16. The second-order valence-corrected chi connectivity index (χ2v) is 12.5. The van der Waals surface area contributed by atoms with Gasteiger partial charge in [-0.2, -0.15) is 0 Å². The number of aliphatic hydroxyl groups excluding tert-OH is 2. The summed E-state index contributed by atoms with van der Waals surface area (Å²) in [6.07, 6.45) is 1.35. The van der Waals surface area contributed by atoms with Gasteiger partial charge in [-0.25, -0.2) is 8.78 Å². The summed E-state index contributed by atoms with van der Waals surface area (Å²) in [5.74, 6) is -0.405. The quantitative estimate of drug-likeness (QED) is 0.638. The number of hydrogen-bond donors (Lipinski definition) is 2. The van der Waals surface area contributed by atoms with E-state index < -0.39 is 46.7 Å². The number of carbonyl (C=O) groups is 2. The zero-order chi connectivity index (χ0) is 26.5. The van der Waals surface area contributed by atoms with E-state index in [-0.39, 0.29) is 41.8 Å². The first-order valence-electron chi connectivity index (χ1n) is 13.3. The van der Waals surface area contributed by atoms with Gasteiger partial charge >= 0.3 is 0 Å². The highest BCUT2D eigenvalue weighted by Gasteiger charge is 2.78. The Morgan fingerprint density at radius 2 is 2.00 bits per heavy atom. The Morgan fingerprint density at radius 1 is 1.24 bits per heavy atom. The number of carbonyl (C=O) groups excluding carboxylic acids is 2. The highest BCUT2D eigenvalue weighted by molar-refractivity contribution is 6.01. The zero-order valence-corrected chi connectivity index (χ0v) is 21.5. The Labute approximate surface area is 215 Å². The Kier molecular flexibility index (Phi) is 5.39. The number of likely N-dealkylation sites (tertiary alicyclic amines) is 1. The third kappa shape index (κ3) is 3.01. The molecule has 0 aromatic carbocycles. The number of furan rings is 1. The lowest BCUT2D eigenvalue weighted by molar-refractivity contribution is -0.212.